The van der Waals surface area contributed by atoms with Gasteiger partial charge < -0.3 is 65.1 Å². The van der Waals surface area contributed by atoms with E-state index in [4.69, 9.17) is 18.9 Å². The molecule has 14 heteroatoms. The lowest BCUT2D eigenvalue weighted by atomic mass is 9.97. The number of amides is 1. The average Bonchev–Trinajstić information content (AvgIpc) is 3.34. The average molecular weight is 974 g/mol. The van der Waals surface area contributed by atoms with Crippen LogP contribution in [0.25, 0.3) is 0 Å². The Morgan fingerprint density at radius 1 is 0.515 bits per heavy atom. The molecule has 0 bridgehead atoms. The summed E-state index contributed by atoms with van der Waals surface area (Å²) >= 11 is 0. The Morgan fingerprint density at radius 2 is 0.912 bits per heavy atom. The van der Waals surface area contributed by atoms with Gasteiger partial charge in [0.2, 0.25) is 5.91 Å². The molecule has 0 aromatic carbocycles. The van der Waals surface area contributed by atoms with Crippen LogP contribution in [0.15, 0.2) is 12.2 Å². The molecule has 68 heavy (non-hydrogen) atoms. The number of hydrogen-bond acceptors (Lipinski definition) is 13. The molecule has 2 heterocycles. The second-order valence-electron chi connectivity index (χ2n) is 20.1. The van der Waals surface area contributed by atoms with Crippen LogP contribution in [0.1, 0.15) is 232 Å². The second kappa shape index (κ2) is 41.2. The number of carbonyl (C=O) groups is 1. The zero-order valence-corrected chi connectivity index (χ0v) is 42.9. The molecule has 9 N–H and O–H groups in total. The van der Waals surface area contributed by atoms with E-state index in [1.807, 2.05) is 6.08 Å². The van der Waals surface area contributed by atoms with Gasteiger partial charge in [0.1, 0.15) is 48.8 Å². The predicted molar refractivity (Wildman–Crippen MR) is 268 cm³/mol. The summed E-state index contributed by atoms with van der Waals surface area (Å²) in [5.41, 5.74) is 0. The second-order valence-corrected chi connectivity index (χ2v) is 20.1. The standard InChI is InChI=1S/C54H103NO13/c1-3-5-7-9-11-13-15-17-18-19-20-21-22-23-24-26-28-30-32-34-36-38-46(59)55-42(43(58)37-35-33-31-29-27-25-16-14-12-10-8-6-4-2)41-65-53-51(64)49(62)52(45(40-57)67-53)68-54-50(63)48(61)47(60)44(39-56)66-54/h35,37,42-45,47-54,56-58,60-64H,3-34,36,38-41H2,1-2H3,(H,55,59)/b37-35+/t42-,43+,44?,45?,47-,48-,49+,50?,51?,52-,53+,54-/m0/s1. The van der Waals surface area contributed by atoms with Crippen molar-refractivity contribution in [3.05, 3.63) is 12.2 Å². The van der Waals surface area contributed by atoms with E-state index >= 15 is 0 Å². The SMILES string of the molecule is CCCCCCCCCCCCC/C=C/[C@@H](O)[C@H](CO[C@@H]1OC(CO)[C@H](O[C@@H]2OC(CO)[C@H](O)[C@H](O)C2O)[C@H](O)C1O)NC(=O)CCCCCCCCCCCCCCCCCCCCCCC. The van der Waals surface area contributed by atoms with Crippen LogP contribution >= 0.6 is 0 Å². The number of rotatable bonds is 44. The van der Waals surface area contributed by atoms with E-state index in [9.17, 15) is 45.6 Å². The Balaban J connectivity index is 1.77. The van der Waals surface area contributed by atoms with Gasteiger partial charge in [0, 0.05) is 6.42 Å². The van der Waals surface area contributed by atoms with E-state index < -0.39 is 86.8 Å². The highest BCUT2D eigenvalue weighted by Crippen LogP contribution is 2.30. The maximum atomic E-state index is 13.2. The van der Waals surface area contributed by atoms with Crippen molar-refractivity contribution < 1.29 is 64.6 Å². The Bertz CT molecular complexity index is 1200. The van der Waals surface area contributed by atoms with Crippen molar-refractivity contribution in [1.29, 1.82) is 0 Å². The molecule has 0 spiro atoms. The third-order valence-electron chi connectivity index (χ3n) is 14.0. The van der Waals surface area contributed by atoms with Gasteiger partial charge in [0.05, 0.1) is 32.0 Å². The first-order chi connectivity index (χ1) is 33.1. The molecule has 0 saturated carbocycles. The van der Waals surface area contributed by atoms with Crippen molar-refractivity contribution in [2.24, 2.45) is 0 Å². The Morgan fingerprint density at radius 3 is 1.35 bits per heavy atom. The number of allylic oxidation sites excluding steroid dienone is 1. The van der Waals surface area contributed by atoms with E-state index in [-0.39, 0.29) is 18.9 Å². The predicted octanol–water partition coefficient (Wildman–Crippen LogP) is 8.33. The fraction of sp³-hybridized carbons (Fsp3) is 0.944. The topological polar surface area (TPSA) is 228 Å². The van der Waals surface area contributed by atoms with Gasteiger partial charge in [-0.05, 0) is 19.3 Å². The summed E-state index contributed by atoms with van der Waals surface area (Å²) in [7, 11) is 0. The number of unbranched alkanes of at least 4 members (excludes halogenated alkanes) is 31. The highest BCUT2D eigenvalue weighted by Gasteiger charge is 2.51. The van der Waals surface area contributed by atoms with Gasteiger partial charge in [-0.1, -0.05) is 219 Å². The normalized spacial score (nSPS) is 26.4. The lowest BCUT2D eigenvalue weighted by molar-refractivity contribution is -0.359. The summed E-state index contributed by atoms with van der Waals surface area (Å²) in [5, 5.41) is 86.9. The van der Waals surface area contributed by atoms with Gasteiger partial charge in [0.25, 0.3) is 0 Å². The highest BCUT2D eigenvalue weighted by molar-refractivity contribution is 5.76. The lowest BCUT2D eigenvalue weighted by Gasteiger charge is -2.46. The molecular weight excluding hydrogens is 871 g/mol. The van der Waals surface area contributed by atoms with Gasteiger partial charge >= 0.3 is 0 Å². The lowest BCUT2D eigenvalue weighted by Crippen LogP contribution is -2.65. The zero-order chi connectivity index (χ0) is 49.6. The van der Waals surface area contributed by atoms with Crippen LogP contribution in [-0.4, -0.2) is 140 Å². The molecule has 4 unspecified atom stereocenters. The smallest absolute Gasteiger partial charge is 0.220 e. The summed E-state index contributed by atoms with van der Waals surface area (Å²) in [6.07, 6.45) is 28.2. The molecule has 2 rings (SSSR count). The maximum Gasteiger partial charge on any atom is 0.220 e. The maximum absolute atomic E-state index is 13.2. The quantitative estimate of drug-likeness (QED) is 0.0207. The molecular formula is C54H103NO13. The van der Waals surface area contributed by atoms with Crippen LogP contribution in [-0.2, 0) is 23.7 Å². The van der Waals surface area contributed by atoms with Crippen molar-refractivity contribution in [1.82, 2.24) is 5.32 Å². The van der Waals surface area contributed by atoms with Crippen LogP contribution in [0, 0.1) is 0 Å². The van der Waals surface area contributed by atoms with E-state index in [2.05, 4.69) is 19.2 Å². The van der Waals surface area contributed by atoms with Gasteiger partial charge in [-0.15, -0.1) is 0 Å². The third-order valence-corrected chi connectivity index (χ3v) is 14.0. The highest BCUT2D eigenvalue weighted by atomic mass is 16.7. The van der Waals surface area contributed by atoms with Gasteiger partial charge in [-0.2, -0.15) is 0 Å². The van der Waals surface area contributed by atoms with Crippen molar-refractivity contribution in [3.8, 4) is 0 Å². The summed E-state index contributed by atoms with van der Waals surface area (Å²) in [6.45, 7) is 2.81. The largest absolute Gasteiger partial charge is 0.394 e. The molecule has 0 aromatic rings. The number of aliphatic hydroxyl groups excluding tert-OH is 8. The van der Waals surface area contributed by atoms with Crippen LogP contribution in [0.2, 0.25) is 0 Å². The van der Waals surface area contributed by atoms with E-state index in [0.717, 1.165) is 38.5 Å². The minimum absolute atomic E-state index is 0.236. The molecule has 2 aliphatic heterocycles. The first-order valence-corrected chi connectivity index (χ1v) is 27.9. The van der Waals surface area contributed by atoms with Crippen LogP contribution in [0.5, 0.6) is 0 Å². The van der Waals surface area contributed by atoms with Crippen molar-refractivity contribution in [2.45, 2.75) is 306 Å². The molecule has 2 saturated heterocycles. The van der Waals surface area contributed by atoms with Gasteiger partial charge in [0.15, 0.2) is 12.6 Å². The Hall–Kier alpha value is -1.27. The molecule has 0 aromatic heterocycles. The van der Waals surface area contributed by atoms with Crippen molar-refractivity contribution in [2.75, 3.05) is 19.8 Å². The summed E-state index contributed by atoms with van der Waals surface area (Å²) in [4.78, 5) is 13.2. The number of hydrogen-bond donors (Lipinski definition) is 9. The van der Waals surface area contributed by atoms with Crippen molar-refractivity contribution >= 4 is 5.91 Å². The number of ether oxygens (including phenoxy) is 4. The van der Waals surface area contributed by atoms with Crippen LogP contribution in [0.3, 0.4) is 0 Å². The summed E-state index contributed by atoms with van der Waals surface area (Å²) in [5.74, 6) is -0.236. The fourth-order valence-corrected chi connectivity index (χ4v) is 9.41. The molecule has 14 nitrogen and oxygen atoms in total. The number of carbonyl (C=O) groups excluding carboxylic acids is 1. The number of nitrogens with one attached hydrogen (secondary N) is 1. The molecule has 1 amide bonds. The first kappa shape index (κ1) is 62.8. The first-order valence-electron chi connectivity index (χ1n) is 27.9. The van der Waals surface area contributed by atoms with E-state index in [1.165, 1.54) is 167 Å². The molecule has 2 aliphatic rings. The van der Waals surface area contributed by atoms with E-state index in [0.29, 0.717) is 6.42 Å². The minimum atomic E-state index is -1.78. The Kier molecular flexibility index (Phi) is 38.1. The molecule has 0 radical (unpaired) electrons. The molecule has 0 aliphatic carbocycles. The van der Waals surface area contributed by atoms with Crippen LogP contribution in [0.4, 0.5) is 0 Å². The van der Waals surface area contributed by atoms with Gasteiger partial charge in [-0.3, -0.25) is 4.79 Å². The zero-order valence-electron chi connectivity index (χ0n) is 42.9. The minimum Gasteiger partial charge on any atom is -0.394 e. The van der Waals surface area contributed by atoms with E-state index in [1.54, 1.807) is 6.08 Å². The molecule has 12 atom stereocenters. The third kappa shape index (κ3) is 27.5. The summed E-state index contributed by atoms with van der Waals surface area (Å²) in [6, 6.07) is -0.908. The summed E-state index contributed by atoms with van der Waals surface area (Å²) < 4.78 is 22.7. The monoisotopic (exact) mass is 974 g/mol. The van der Waals surface area contributed by atoms with Crippen LogP contribution < -0.4 is 5.32 Å². The van der Waals surface area contributed by atoms with Crippen molar-refractivity contribution in [3.63, 3.8) is 0 Å². The number of aliphatic hydroxyl groups is 8. The Labute approximate surface area is 412 Å². The van der Waals surface area contributed by atoms with Gasteiger partial charge in [-0.25, -0.2) is 0 Å². The fourth-order valence-electron chi connectivity index (χ4n) is 9.41. The molecule has 402 valence electrons. The molecule has 2 fully saturated rings.